The molecule has 2 N–H and O–H groups in total. The molecule has 1 saturated heterocycles. The number of piperidine rings is 1. The van der Waals surface area contributed by atoms with Gasteiger partial charge in [-0.25, -0.2) is 14.4 Å². The molecule has 0 aliphatic carbocycles. The SMILES string of the molecule is COC1CCN(CC(=O)Nc2cc(Oc3ccc4c(c3)nc(Nc3cc(C(C)(C)C)ccc3F)n4C)ccn2)CC1. The Labute approximate surface area is 239 Å². The van der Waals surface area contributed by atoms with Gasteiger partial charge in [0.25, 0.3) is 0 Å². The minimum Gasteiger partial charge on any atom is -0.457 e. The van der Waals surface area contributed by atoms with Crippen LogP contribution in [0.3, 0.4) is 0 Å². The minimum absolute atomic E-state index is 0.111. The van der Waals surface area contributed by atoms with Gasteiger partial charge in [-0.2, -0.15) is 0 Å². The number of pyridine rings is 1. The molecule has 9 nitrogen and oxygen atoms in total. The summed E-state index contributed by atoms with van der Waals surface area (Å²) in [5, 5.41) is 6.01. The number of aromatic nitrogens is 3. The molecule has 0 bridgehead atoms. The van der Waals surface area contributed by atoms with Crippen LogP contribution < -0.4 is 15.4 Å². The van der Waals surface area contributed by atoms with E-state index in [0.717, 1.165) is 37.0 Å². The number of aryl methyl sites for hydroxylation is 1. The number of amides is 1. The Balaban J connectivity index is 1.26. The average Bonchev–Trinajstić information content (AvgIpc) is 3.24. The number of hydrogen-bond acceptors (Lipinski definition) is 7. The van der Waals surface area contributed by atoms with Crippen molar-refractivity contribution in [2.24, 2.45) is 7.05 Å². The fourth-order valence-electron chi connectivity index (χ4n) is 4.93. The summed E-state index contributed by atoms with van der Waals surface area (Å²) in [6.07, 6.45) is 3.71. The number of ether oxygens (including phenoxy) is 2. The van der Waals surface area contributed by atoms with E-state index in [1.807, 2.05) is 35.9 Å². The Kier molecular flexibility index (Phi) is 8.23. The van der Waals surface area contributed by atoms with Gasteiger partial charge in [-0.15, -0.1) is 0 Å². The van der Waals surface area contributed by atoms with Crippen molar-refractivity contribution in [2.45, 2.75) is 45.1 Å². The monoisotopic (exact) mass is 560 g/mol. The van der Waals surface area contributed by atoms with Gasteiger partial charge in [0, 0.05) is 45.6 Å². The second kappa shape index (κ2) is 11.8. The van der Waals surface area contributed by atoms with Gasteiger partial charge in [-0.1, -0.05) is 26.8 Å². The van der Waals surface area contributed by atoms with Crippen LogP contribution in [0.15, 0.2) is 54.7 Å². The number of benzene rings is 2. The number of carbonyl (C=O) groups excluding carboxylic acids is 1. The van der Waals surface area contributed by atoms with E-state index in [2.05, 4.69) is 46.3 Å². The van der Waals surface area contributed by atoms with Crippen LogP contribution in [0.25, 0.3) is 11.0 Å². The number of fused-ring (bicyclic) bond motifs is 1. The van der Waals surface area contributed by atoms with Gasteiger partial charge in [0.15, 0.2) is 0 Å². The molecular weight excluding hydrogens is 523 g/mol. The molecule has 1 aliphatic heterocycles. The van der Waals surface area contributed by atoms with Crippen molar-refractivity contribution in [3.63, 3.8) is 0 Å². The molecular formula is C31H37FN6O3. The Morgan fingerprint density at radius 2 is 1.83 bits per heavy atom. The number of halogens is 1. The number of hydrogen-bond donors (Lipinski definition) is 2. The topological polar surface area (TPSA) is 93.5 Å². The molecule has 5 rings (SSSR count). The first kappa shape index (κ1) is 28.5. The lowest BCUT2D eigenvalue weighted by Crippen LogP contribution is -2.41. The van der Waals surface area contributed by atoms with Crippen LogP contribution in [0.2, 0.25) is 0 Å². The minimum atomic E-state index is -0.342. The quantitative estimate of drug-likeness (QED) is 0.273. The van der Waals surface area contributed by atoms with Gasteiger partial charge in [0.05, 0.1) is 29.4 Å². The van der Waals surface area contributed by atoms with E-state index in [1.165, 1.54) is 6.07 Å². The Hall–Kier alpha value is -4.02. The molecule has 0 unspecified atom stereocenters. The lowest BCUT2D eigenvalue weighted by Gasteiger charge is -2.30. The number of anilines is 3. The molecule has 2 aromatic carbocycles. The predicted molar refractivity (Wildman–Crippen MR) is 159 cm³/mol. The summed E-state index contributed by atoms with van der Waals surface area (Å²) in [5.41, 5.74) is 2.85. The summed E-state index contributed by atoms with van der Waals surface area (Å²) in [6.45, 7) is 8.23. The summed E-state index contributed by atoms with van der Waals surface area (Å²) in [4.78, 5) is 23.7. The first-order valence-electron chi connectivity index (χ1n) is 13.8. The van der Waals surface area contributed by atoms with E-state index in [1.54, 1.807) is 31.5 Å². The van der Waals surface area contributed by atoms with Crippen molar-refractivity contribution in [1.82, 2.24) is 19.4 Å². The average molecular weight is 561 g/mol. The highest BCUT2D eigenvalue weighted by atomic mass is 19.1. The number of methoxy groups -OCH3 is 1. The molecule has 1 amide bonds. The lowest BCUT2D eigenvalue weighted by atomic mass is 9.87. The Morgan fingerprint density at radius 3 is 2.56 bits per heavy atom. The van der Waals surface area contributed by atoms with Gasteiger partial charge in [-0.3, -0.25) is 9.69 Å². The number of nitrogens with zero attached hydrogens (tertiary/aromatic N) is 4. The molecule has 0 saturated carbocycles. The summed E-state index contributed by atoms with van der Waals surface area (Å²) in [5.74, 6) is 1.58. The maximum Gasteiger partial charge on any atom is 0.239 e. The number of likely N-dealkylation sites (tertiary alicyclic amines) is 1. The normalized spacial score (nSPS) is 14.8. The zero-order valence-electron chi connectivity index (χ0n) is 24.2. The fraction of sp³-hybridized carbons (Fsp3) is 0.387. The van der Waals surface area contributed by atoms with Crippen molar-refractivity contribution in [2.75, 3.05) is 37.4 Å². The molecule has 4 aromatic rings. The van der Waals surface area contributed by atoms with E-state index in [0.29, 0.717) is 41.0 Å². The van der Waals surface area contributed by atoms with E-state index in [4.69, 9.17) is 9.47 Å². The summed E-state index contributed by atoms with van der Waals surface area (Å²) in [7, 11) is 3.61. The van der Waals surface area contributed by atoms with Crippen molar-refractivity contribution in [1.29, 1.82) is 0 Å². The van der Waals surface area contributed by atoms with E-state index in [9.17, 15) is 9.18 Å². The summed E-state index contributed by atoms with van der Waals surface area (Å²) < 4.78 is 28.0. The second-order valence-electron chi connectivity index (χ2n) is 11.5. The van der Waals surface area contributed by atoms with Gasteiger partial charge in [0.1, 0.15) is 23.1 Å². The highest BCUT2D eigenvalue weighted by Gasteiger charge is 2.21. The Bertz CT molecular complexity index is 1540. The maximum absolute atomic E-state index is 14.6. The van der Waals surface area contributed by atoms with Crippen molar-refractivity contribution >= 4 is 34.4 Å². The third kappa shape index (κ3) is 6.83. The standard InChI is InChI=1S/C31H37FN6O3/c1-31(2,3)20-6-8-24(32)25(16-20)34-30-35-26-17-22(7-9-27(26)37(30)4)41-23-10-13-33-28(18-23)36-29(39)19-38-14-11-21(40-5)12-15-38/h6-10,13,16-18,21H,11-12,14-15,19H2,1-5H3,(H,34,35)(H,33,36,39). The molecule has 10 heteroatoms. The molecule has 2 aromatic heterocycles. The molecule has 3 heterocycles. The molecule has 41 heavy (non-hydrogen) atoms. The number of rotatable bonds is 8. The van der Waals surface area contributed by atoms with Crippen LogP contribution in [0.1, 0.15) is 39.2 Å². The third-order valence-corrected chi connectivity index (χ3v) is 7.40. The lowest BCUT2D eigenvalue weighted by molar-refractivity contribution is -0.118. The molecule has 0 radical (unpaired) electrons. The molecule has 1 fully saturated rings. The number of nitrogens with one attached hydrogen (secondary N) is 2. The van der Waals surface area contributed by atoms with Crippen LogP contribution in [0.4, 0.5) is 21.8 Å². The van der Waals surface area contributed by atoms with Crippen molar-refractivity contribution < 1.29 is 18.7 Å². The highest BCUT2D eigenvalue weighted by Crippen LogP contribution is 2.31. The highest BCUT2D eigenvalue weighted by molar-refractivity contribution is 5.91. The largest absolute Gasteiger partial charge is 0.457 e. The zero-order chi connectivity index (χ0) is 29.1. The van der Waals surface area contributed by atoms with Gasteiger partial charge >= 0.3 is 0 Å². The van der Waals surface area contributed by atoms with E-state index in [-0.39, 0.29) is 23.2 Å². The molecule has 0 atom stereocenters. The smallest absolute Gasteiger partial charge is 0.239 e. The van der Waals surface area contributed by atoms with Gasteiger partial charge in [-0.05, 0) is 54.2 Å². The first-order chi connectivity index (χ1) is 19.6. The second-order valence-corrected chi connectivity index (χ2v) is 11.5. The van der Waals surface area contributed by atoms with Crippen LogP contribution >= 0.6 is 0 Å². The van der Waals surface area contributed by atoms with Crippen LogP contribution in [0, 0.1) is 5.82 Å². The Morgan fingerprint density at radius 1 is 1.07 bits per heavy atom. The summed E-state index contributed by atoms with van der Waals surface area (Å²) in [6, 6.07) is 14.1. The predicted octanol–water partition coefficient (Wildman–Crippen LogP) is 5.99. The summed E-state index contributed by atoms with van der Waals surface area (Å²) >= 11 is 0. The van der Waals surface area contributed by atoms with Gasteiger partial charge in [0.2, 0.25) is 11.9 Å². The number of carbonyl (C=O) groups is 1. The van der Waals surface area contributed by atoms with Crippen molar-refractivity contribution in [3.8, 4) is 11.5 Å². The third-order valence-electron chi connectivity index (χ3n) is 7.40. The van der Waals surface area contributed by atoms with Crippen molar-refractivity contribution in [3.05, 3.63) is 66.1 Å². The van der Waals surface area contributed by atoms with Crippen LogP contribution in [0.5, 0.6) is 11.5 Å². The molecule has 1 aliphatic rings. The van der Waals surface area contributed by atoms with E-state index >= 15 is 0 Å². The first-order valence-corrected chi connectivity index (χ1v) is 13.8. The van der Waals surface area contributed by atoms with Crippen LogP contribution in [-0.4, -0.2) is 58.2 Å². The number of imidazole rings is 1. The zero-order valence-corrected chi connectivity index (χ0v) is 24.2. The van der Waals surface area contributed by atoms with Gasteiger partial charge < -0.3 is 24.7 Å². The maximum atomic E-state index is 14.6. The fourth-order valence-corrected chi connectivity index (χ4v) is 4.93. The van der Waals surface area contributed by atoms with Crippen LogP contribution in [-0.2, 0) is 22.0 Å². The van der Waals surface area contributed by atoms with E-state index < -0.39 is 0 Å². The molecule has 0 spiro atoms. The molecule has 216 valence electrons.